The molecular weight excluding hydrogens is 222 g/mol. The van der Waals surface area contributed by atoms with Crippen LogP contribution in [0.15, 0.2) is 54.6 Å². The Morgan fingerprint density at radius 3 is 2.39 bits per heavy atom. The molecule has 0 aliphatic carbocycles. The summed E-state index contributed by atoms with van der Waals surface area (Å²) in [6.45, 7) is 3.46. The first-order valence-corrected chi connectivity index (χ1v) is 6.25. The zero-order chi connectivity index (χ0) is 12.8. The van der Waals surface area contributed by atoms with Crippen LogP contribution in [0.3, 0.4) is 0 Å². The van der Waals surface area contributed by atoms with E-state index in [-0.39, 0.29) is 0 Å². The highest BCUT2D eigenvalue weighted by Gasteiger charge is 2.06. The molecule has 0 heterocycles. The molecule has 2 aromatic rings. The van der Waals surface area contributed by atoms with Crippen molar-refractivity contribution in [3.8, 4) is 0 Å². The zero-order valence-electron chi connectivity index (χ0n) is 10.6. The normalized spacial score (nSPS) is 12.3. The molecule has 1 atom stereocenters. The second kappa shape index (κ2) is 6.34. The zero-order valence-corrected chi connectivity index (χ0v) is 10.6. The molecule has 0 aliphatic heterocycles. The first-order valence-electron chi connectivity index (χ1n) is 6.25. The van der Waals surface area contributed by atoms with E-state index in [2.05, 4.69) is 24.4 Å². The van der Waals surface area contributed by atoms with Crippen molar-refractivity contribution in [2.24, 2.45) is 0 Å². The highest BCUT2D eigenvalue weighted by atomic mass is 16.3. The van der Waals surface area contributed by atoms with Gasteiger partial charge < -0.3 is 10.4 Å². The Balaban J connectivity index is 1.84. The van der Waals surface area contributed by atoms with E-state index in [0.29, 0.717) is 6.54 Å². The van der Waals surface area contributed by atoms with Crippen LogP contribution in [0.4, 0.5) is 0 Å². The summed E-state index contributed by atoms with van der Waals surface area (Å²) in [5.74, 6) is 0. The Morgan fingerprint density at radius 2 is 1.67 bits per heavy atom. The van der Waals surface area contributed by atoms with Gasteiger partial charge in [0.2, 0.25) is 0 Å². The van der Waals surface area contributed by atoms with E-state index < -0.39 is 6.10 Å². The van der Waals surface area contributed by atoms with Gasteiger partial charge in [-0.05, 0) is 23.6 Å². The molecule has 0 unspecified atom stereocenters. The van der Waals surface area contributed by atoms with Crippen molar-refractivity contribution in [2.75, 3.05) is 6.54 Å². The van der Waals surface area contributed by atoms with Gasteiger partial charge in [0.1, 0.15) is 0 Å². The molecule has 0 saturated heterocycles. The van der Waals surface area contributed by atoms with E-state index >= 15 is 0 Å². The minimum atomic E-state index is -0.449. The minimum absolute atomic E-state index is 0.449. The molecule has 2 nitrogen and oxygen atoms in total. The van der Waals surface area contributed by atoms with Crippen LogP contribution in [-0.2, 0) is 6.54 Å². The van der Waals surface area contributed by atoms with Gasteiger partial charge in [-0.1, -0.05) is 54.6 Å². The SMILES string of the molecule is Cc1ccccc1CNC[C@H](O)c1ccccc1. The molecule has 2 rings (SSSR count). The number of hydrogen-bond acceptors (Lipinski definition) is 2. The highest BCUT2D eigenvalue weighted by Crippen LogP contribution is 2.11. The Labute approximate surface area is 108 Å². The van der Waals surface area contributed by atoms with Crippen molar-refractivity contribution in [1.82, 2.24) is 5.32 Å². The van der Waals surface area contributed by atoms with Gasteiger partial charge >= 0.3 is 0 Å². The van der Waals surface area contributed by atoms with Crippen molar-refractivity contribution < 1.29 is 5.11 Å². The van der Waals surface area contributed by atoms with Gasteiger partial charge in [-0.2, -0.15) is 0 Å². The summed E-state index contributed by atoms with van der Waals surface area (Å²) in [4.78, 5) is 0. The van der Waals surface area contributed by atoms with Crippen LogP contribution in [0.1, 0.15) is 22.8 Å². The Bertz CT molecular complexity index is 481. The molecular formula is C16H19NO. The molecule has 0 amide bonds. The van der Waals surface area contributed by atoms with E-state index in [1.54, 1.807) is 0 Å². The Morgan fingerprint density at radius 1 is 1.00 bits per heavy atom. The third-order valence-corrected chi connectivity index (χ3v) is 3.10. The van der Waals surface area contributed by atoms with Crippen molar-refractivity contribution in [3.63, 3.8) is 0 Å². The second-order valence-corrected chi connectivity index (χ2v) is 4.48. The van der Waals surface area contributed by atoms with E-state index in [9.17, 15) is 5.11 Å². The average molecular weight is 241 g/mol. The smallest absolute Gasteiger partial charge is 0.0914 e. The van der Waals surface area contributed by atoms with Crippen LogP contribution in [0.5, 0.6) is 0 Å². The fourth-order valence-electron chi connectivity index (χ4n) is 1.95. The average Bonchev–Trinajstić information content (AvgIpc) is 2.42. The molecule has 0 fully saturated rings. The molecule has 2 N–H and O–H groups in total. The lowest BCUT2D eigenvalue weighted by Gasteiger charge is -2.13. The van der Waals surface area contributed by atoms with E-state index in [0.717, 1.165) is 12.1 Å². The highest BCUT2D eigenvalue weighted by molar-refractivity contribution is 5.25. The third-order valence-electron chi connectivity index (χ3n) is 3.10. The molecule has 0 spiro atoms. The quantitative estimate of drug-likeness (QED) is 0.843. The van der Waals surface area contributed by atoms with E-state index in [1.165, 1.54) is 11.1 Å². The largest absolute Gasteiger partial charge is 0.387 e. The maximum atomic E-state index is 10.0. The van der Waals surface area contributed by atoms with Gasteiger partial charge in [-0.15, -0.1) is 0 Å². The molecule has 0 aromatic heterocycles. The molecule has 2 aromatic carbocycles. The van der Waals surface area contributed by atoms with Crippen molar-refractivity contribution in [2.45, 2.75) is 19.6 Å². The number of benzene rings is 2. The van der Waals surface area contributed by atoms with Gasteiger partial charge in [0, 0.05) is 13.1 Å². The molecule has 0 saturated carbocycles. The van der Waals surface area contributed by atoms with Crippen LogP contribution in [0.25, 0.3) is 0 Å². The van der Waals surface area contributed by atoms with Crippen LogP contribution < -0.4 is 5.32 Å². The second-order valence-electron chi connectivity index (χ2n) is 4.48. The summed E-state index contributed by atoms with van der Waals surface area (Å²) in [6, 6.07) is 18.0. The van der Waals surface area contributed by atoms with Gasteiger partial charge in [0.15, 0.2) is 0 Å². The van der Waals surface area contributed by atoms with Crippen LogP contribution in [0, 0.1) is 6.92 Å². The number of aliphatic hydroxyl groups excluding tert-OH is 1. The number of nitrogens with one attached hydrogen (secondary N) is 1. The molecule has 18 heavy (non-hydrogen) atoms. The van der Waals surface area contributed by atoms with E-state index in [1.807, 2.05) is 42.5 Å². The lowest BCUT2D eigenvalue weighted by Crippen LogP contribution is -2.21. The summed E-state index contributed by atoms with van der Waals surface area (Å²) in [6.07, 6.45) is -0.449. The molecule has 94 valence electrons. The Hall–Kier alpha value is -1.64. The van der Waals surface area contributed by atoms with Crippen molar-refractivity contribution in [1.29, 1.82) is 0 Å². The summed E-state index contributed by atoms with van der Waals surface area (Å²) >= 11 is 0. The summed E-state index contributed by atoms with van der Waals surface area (Å²) in [5.41, 5.74) is 3.51. The number of aliphatic hydroxyl groups is 1. The summed E-state index contributed by atoms with van der Waals surface area (Å²) in [7, 11) is 0. The number of hydrogen-bond donors (Lipinski definition) is 2. The Kier molecular flexibility index (Phi) is 4.51. The fourth-order valence-corrected chi connectivity index (χ4v) is 1.95. The number of rotatable bonds is 5. The predicted octanol–water partition coefficient (Wildman–Crippen LogP) is 2.82. The van der Waals surface area contributed by atoms with Crippen LogP contribution >= 0.6 is 0 Å². The monoisotopic (exact) mass is 241 g/mol. The molecule has 0 aliphatic rings. The van der Waals surface area contributed by atoms with Gasteiger partial charge in [0.25, 0.3) is 0 Å². The maximum absolute atomic E-state index is 10.0. The maximum Gasteiger partial charge on any atom is 0.0914 e. The third kappa shape index (κ3) is 3.42. The summed E-state index contributed by atoms with van der Waals surface area (Å²) < 4.78 is 0. The van der Waals surface area contributed by atoms with Gasteiger partial charge in [-0.25, -0.2) is 0 Å². The van der Waals surface area contributed by atoms with Crippen LogP contribution in [0.2, 0.25) is 0 Å². The summed E-state index contributed by atoms with van der Waals surface area (Å²) in [5, 5.41) is 13.3. The van der Waals surface area contributed by atoms with Crippen LogP contribution in [-0.4, -0.2) is 11.7 Å². The first kappa shape index (κ1) is 12.8. The lowest BCUT2D eigenvalue weighted by atomic mass is 10.1. The van der Waals surface area contributed by atoms with Gasteiger partial charge in [-0.3, -0.25) is 0 Å². The molecule has 0 radical (unpaired) electrons. The van der Waals surface area contributed by atoms with Crippen molar-refractivity contribution >= 4 is 0 Å². The predicted molar refractivity (Wildman–Crippen MR) is 74.3 cm³/mol. The van der Waals surface area contributed by atoms with Crippen molar-refractivity contribution in [3.05, 3.63) is 71.3 Å². The topological polar surface area (TPSA) is 32.3 Å². The fraction of sp³-hybridized carbons (Fsp3) is 0.250. The number of aryl methyl sites for hydroxylation is 1. The standard InChI is InChI=1S/C16H19NO/c1-13-7-5-6-10-15(13)11-17-12-16(18)14-8-3-2-4-9-14/h2-10,16-18H,11-12H2,1H3/t16-/m0/s1. The lowest BCUT2D eigenvalue weighted by molar-refractivity contribution is 0.174. The minimum Gasteiger partial charge on any atom is -0.387 e. The van der Waals surface area contributed by atoms with Gasteiger partial charge in [0.05, 0.1) is 6.10 Å². The first-order chi connectivity index (χ1) is 8.77. The van der Waals surface area contributed by atoms with E-state index in [4.69, 9.17) is 0 Å². The molecule has 0 bridgehead atoms. The molecule has 2 heteroatoms.